The second-order valence-electron chi connectivity index (χ2n) is 8.87. The van der Waals surface area contributed by atoms with Gasteiger partial charge in [-0.15, -0.1) is 0 Å². The summed E-state index contributed by atoms with van der Waals surface area (Å²) in [7, 11) is 0. The number of halogens is 1. The quantitative estimate of drug-likeness (QED) is 0.399. The molecule has 3 aromatic rings. The number of carbonyl (C=O) groups is 1. The van der Waals surface area contributed by atoms with Crippen LogP contribution < -0.4 is 0 Å². The lowest BCUT2D eigenvalue weighted by Gasteiger charge is -2.28. The van der Waals surface area contributed by atoms with E-state index in [2.05, 4.69) is 35.9 Å². The van der Waals surface area contributed by atoms with Gasteiger partial charge in [0.2, 0.25) is 0 Å². The van der Waals surface area contributed by atoms with Crippen LogP contribution in [0.2, 0.25) is 5.02 Å². The number of carboxylic acid groups (broad SMARTS) is 1. The number of aliphatic carboxylic acids is 1. The molecule has 1 N–H and O–H groups in total. The highest BCUT2D eigenvalue weighted by atomic mass is 35.5. The van der Waals surface area contributed by atoms with Crippen molar-refractivity contribution in [2.45, 2.75) is 45.6 Å². The molecule has 0 unspecified atom stereocenters. The molecule has 1 fully saturated rings. The second-order valence-corrected chi connectivity index (χ2v) is 9.31. The Labute approximate surface area is 200 Å². The molecule has 4 rings (SSSR count). The van der Waals surface area contributed by atoms with E-state index >= 15 is 0 Å². The molecule has 6 heteroatoms. The lowest BCUT2D eigenvalue weighted by atomic mass is 9.82. The van der Waals surface area contributed by atoms with E-state index in [4.69, 9.17) is 26.5 Å². The van der Waals surface area contributed by atoms with Gasteiger partial charge in [0.15, 0.2) is 0 Å². The Kier molecular flexibility index (Phi) is 7.84. The van der Waals surface area contributed by atoms with E-state index < -0.39 is 5.97 Å². The third kappa shape index (κ3) is 5.84. The molecule has 1 aliphatic carbocycles. The second kappa shape index (κ2) is 11.0. The molecule has 1 saturated carbocycles. The van der Waals surface area contributed by atoms with Gasteiger partial charge >= 0.3 is 5.97 Å². The first kappa shape index (κ1) is 23.5. The molecule has 0 bridgehead atoms. The summed E-state index contributed by atoms with van der Waals surface area (Å²) in [5.74, 6) is 0.112. The molecule has 1 aliphatic rings. The van der Waals surface area contributed by atoms with Gasteiger partial charge in [-0.2, -0.15) is 5.10 Å². The Balaban J connectivity index is 1.55. The van der Waals surface area contributed by atoms with Crippen LogP contribution in [0.15, 0.2) is 54.6 Å². The van der Waals surface area contributed by atoms with Gasteiger partial charge in [-0.25, -0.2) is 4.79 Å². The Morgan fingerprint density at radius 3 is 2.33 bits per heavy atom. The molecular weight excluding hydrogens is 436 g/mol. The van der Waals surface area contributed by atoms with Crippen molar-refractivity contribution in [3.05, 3.63) is 65.3 Å². The van der Waals surface area contributed by atoms with Crippen molar-refractivity contribution in [2.24, 2.45) is 11.8 Å². The maximum absolute atomic E-state index is 10.7. The molecule has 33 heavy (non-hydrogen) atoms. The number of aromatic nitrogens is 2. The van der Waals surface area contributed by atoms with Crippen molar-refractivity contribution >= 4 is 17.6 Å². The summed E-state index contributed by atoms with van der Waals surface area (Å²) in [5.41, 5.74) is 5.73. The minimum atomic E-state index is -0.903. The maximum atomic E-state index is 10.7. The first-order valence-electron chi connectivity index (χ1n) is 11.8. The Hall–Kier alpha value is -2.63. The van der Waals surface area contributed by atoms with E-state index in [1.807, 2.05) is 30.3 Å². The third-order valence-corrected chi connectivity index (χ3v) is 6.80. The molecule has 0 aliphatic heterocycles. The average molecular weight is 467 g/mol. The summed E-state index contributed by atoms with van der Waals surface area (Å²) in [4.78, 5) is 10.7. The number of hydrogen-bond acceptors (Lipinski definition) is 3. The van der Waals surface area contributed by atoms with Gasteiger partial charge in [-0.1, -0.05) is 61.0 Å². The SMILES string of the molecule is CCc1c(-c2ccccc2)c(-c2ccc(Cl)cc2)nn1C[C@H]1CC[C@@H](COCC(=O)O)CC1. The first-order valence-corrected chi connectivity index (χ1v) is 12.1. The first-order chi connectivity index (χ1) is 16.0. The van der Waals surface area contributed by atoms with Gasteiger partial charge < -0.3 is 9.84 Å². The van der Waals surface area contributed by atoms with Gasteiger partial charge in [0, 0.05) is 28.4 Å². The highest BCUT2D eigenvalue weighted by Crippen LogP contribution is 2.37. The maximum Gasteiger partial charge on any atom is 0.329 e. The molecule has 174 valence electrons. The fourth-order valence-electron chi connectivity index (χ4n) is 4.86. The monoisotopic (exact) mass is 466 g/mol. The highest BCUT2D eigenvalue weighted by molar-refractivity contribution is 6.30. The molecule has 0 atom stereocenters. The van der Waals surface area contributed by atoms with E-state index in [1.54, 1.807) is 0 Å². The minimum Gasteiger partial charge on any atom is -0.480 e. The molecule has 0 spiro atoms. The molecule has 2 aromatic carbocycles. The molecule has 0 radical (unpaired) electrons. The summed E-state index contributed by atoms with van der Waals surface area (Å²) >= 11 is 6.14. The Morgan fingerprint density at radius 1 is 1.03 bits per heavy atom. The van der Waals surface area contributed by atoms with Crippen molar-refractivity contribution in [1.82, 2.24) is 9.78 Å². The highest BCUT2D eigenvalue weighted by Gasteiger charge is 2.25. The fraction of sp³-hybridized carbons (Fsp3) is 0.407. The van der Waals surface area contributed by atoms with E-state index in [1.165, 1.54) is 16.8 Å². The van der Waals surface area contributed by atoms with E-state index in [9.17, 15) is 4.79 Å². The lowest BCUT2D eigenvalue weighted by molar-refractivity contribution is -0.142. The summed E-state index contributed by atoms with van der Waals surface area (Å²) < 4.78 is 7.54. The van der Waals surface area contributed by atoms with E-state index in [0.29, 0.717) is 18.4 Å². The molecule has 5 nitrogen and oxygen atoms in total. The third-order valence-electron chi connectivity index (χ3n) is 6.55. The predicted molar refractivity (Wildman–Crippen MR) is 131 cm³/mol. The zero-order valence-electron chi connectivity index (χ0n) is 19.0. The molecular formula is C27H31ClN2O3. The van der Waals surface area contributed by atoms with Crippen molar-refractivity contribution in [1.29, 1.82) is 0 Å². The van der Waals surface area contributed by atoms with Crippen LogP contribution in [0.25, 0.3) is 22.4 Å². The van der Waals surface area contributed by atoms with Crippen LogP contribution in [0.1, 0.15) is 38.3 Å². The van der Waals surface area contributed by atoms with Crippen molar-refractivity contribution < 1.29 is 14.6 Å². The van der Waals surface area contributed by atoms with Crippen LogP contribution in [0.3, 0.4) is 0 Å². The normalized spacial score (nSPS) is 18.4. The van der Waals surface area contributed by atoms with Crippen molar-refractivity contribution in [2.75, 3.05) is 13.2 Å². The van der Waals surface area contributed by atoms with Crippen LogP contribution in [0, 0.1) is 11.8 Å². The molecule has 1 heterocycles. The smallest absolute Gasteiger partial charge is 0.329 e. The van der Waals surface area contributed by atoms with Crippen LogP contribution in [0.4, 0.5) is 0 Å². The zero-order valence-corrected chi connectivity index (χ0v) is 19.8. The topological polar surface area (TPSA) is 64.4 Å². The minimum absolute atomic E-state index is 0.206. The number of nitrogens with zero attached hydrogens (tertiary/aromatic N) is 2. The van der Waals surface area contributed by atoms with Crippen LogP contribution in [-0.4, -0.2) is 34.1 Å². The number of carboxylic acids is 1. The Morgan fingerprint density at radius 2 is 1.70 bits per heavy atom. The van der Waals surface area contributed by atoms with Crippen LogP contribution in [0.5, 0.6) is 0 Å². The number of hydrogen-bond donors (Lipinski definition) is 1. The van der Waals surface area contributed by atoms with Gasteiger partial charge in [-0.05, 0) is 61.6 Å². The van der Waals surface area contributed by atoms with E-state index in [-0.39, 0.29) is 6.61 Å². The number of benzene rings is 2. The van der Waals surface area contributed by atoms with Gasteiger partial charge in [0.25, 0.3) is 0 Å². The largest absolute Gasteiger partial charge is 0.480 e. The van der Waals surface area contributed by atoms with Crippen LogP contribution in [-0.2, 0) is 22.5 Å². The van der Waals surface area contributed by atoms with Crippen molar-refractivity contribution in [3.63, 3.8) is 0 Å². The summed E-state index contributed by atoms with van der Waals surface area (Å²) in [6.45, 7) is 3.43. The summed E-state index contributed by atoms with van der Waals surface area (Å²) in [5, 5.41) is 14.6. The Bertz CT molecular complexity index is 1050. The number of rotatable bonds is 9. The number of ether oxygens (including phenoxy) is 1. The van der Waals surface area contributed by atoms with Gasteiger partial charge in [-0.3, -0.25) is 4.68 Å². The predicted octanol–water partition coefficient (Wildman–Crippen LogP) is 6.34. The van der Waals surface area contributed by atoms with E-state index in [0.717, 1.165) is 54.9 Å². The van der Waals surface area contributed by atoms with Gasteiger partial charge in [0.05, 0.1) is 6.61 Å². The summed E-state index contributed by atoms with van der Waals surface area (Å²) in [6.07, 6.45) is 5.27. The van der Waals surface area contributed by atoms with Crippen LogP contribution >= 0.6 is 11.6 Å². The fourth-order valence-corrected chi connectivity index (χ4v) is 4.99. The zero-order chi connectivity index (χ0) is 23.2. The molecule has 0 saturated heterocycles. The average Bonchev–Trinajstić information content (AvgIpc) is 3.19. The lowest BCUT2D eigenvalue weighted by Crippen LogP contribution is -2.23. The van der Waals surface area contributed by atoms with Gasteiger partial charge in [0.1, 0.15) is 12.3 Å². The standard InChI is InChI=1S/C27H31ClN2O3/c1-2-24-26(21-6-4-3-5-7-21)27(22-12-14-23(28)15-13-22)29-30(24)16-19-8-10-20(11-9-19)17-33-18-25(31)32/h3-7,12-15,19-20H,2,8-11,16-18H2,1H3,(H,31,32)/t19-,20+. The summed E-state index contributed by atoms with van der Waals surface area (Å²) in [6, 6.07) is 18.4. The molecule has 0 amide bonds. The molecule has 1 aromatic heterocycles. The van der Waals surface area contributed by atoms with Crippen molar-refractivity contribution in [3.8, 4) is 22.4 Å².